The Hall–Kier alpha value is -3.46. The first kappa shape index (κ1) is 25.8. The van der Waals surface area contributed by atoms with Gasteiger partial charge in [0.05, 0.1) is 11.2 Å². The second-order valence-electron chi connectivity index (χ2n) is 10.3. The fourth-order valence-corrected chi connectivity index (χ4v) is 5.57. The average Bonchev–Trinajstić information content (AvgIpc) is 3.73. The van der Waals surface area contributed by atoms with Crippen molar-refractivity contribution in [3.8, 4) is 0 Å². The van der Waals surface area contributed by atoms with Gasteiger partial charge in [-0.25, -0.2) is 9.97 Å². The van der Waals surface area contributed by atoms with Crippen molar-refractivity contribution in [1.29, 1.82) is 0 Å². The Bertz CT molecular complexity index is 1520. The number of amides is 1. The van der Waals surface area contributed by atoms with Crippen LogP contribution in [-0.4, -0.2) is 59.0 Å². The van der Waals surface area contributed by atoms with Crippen LogP contribution in [0.3, 0.4) is 0 Å². The van der Waals surface area contributed by atoms with E-state index in [0.29, 0.717) is 28.2 Å². The van der Waals surface area contributed by atoms with Crippen LogP contribution in [0.5, 0.6) is 0 Å². The quantitative estimate of drug-likeness (QED) is 0.310. The number of rotatable bonds is 7. The van der Waals surface area contributed by atoms with Gasteiger partial charge in [-0.3, -0.25) is 9.78 Å². The Morgan fingerprint density at radius 1 is 0.974 bits per heavy atom. The van der Waals surface area contributed by atoms with E-state index in [4.69, 9.17) is 28.2 Å². The number of hydrogen-bond acceptors (Lipinski definition) is 7. The van der Waals surface area contributed by atoms with Gasteiger partial charge in [-0.1, -0.05) is 35.3 Å². The van der Waals surface area contributed by atoms with Gasteiger partial charge >= 0.3 is 0 Å². The minimum Gasteiger partial charge on any atom is -0.367 e. The van der Waals surface area contributed by atoms with Gasteiger partial charge in [0.25, 0.3) is 0 Å². The maximum Gasteiger partial charge on any atom is 0.229 e. The number of nitrogens with one attached hydrogen (secondary N) is 2. The predicted molar refractivity (Wildman–Crippen MR) is 157 cm³/mol. The van der Waals surface area contributed by atoms with Crippen molar-refractivity contribution in [3.05, 3.63) is 82.2 Å². The average molecular weight is 563 g/mol. The molecule has 0 bridgehead atoms. The van der Waals surface area contributed by atoms with Crippen LogP contribution >= 0.6 is 23.2 Å². The van der Waals surface area contributed by atoms with Crippen LogP contribution < -0.4 is 15.5 Å². The molecule has 2 aromatic heterocycles. The van der Waals surface area contributed by atoms with Crippen LogP contribution in [0.4, 0.5) is 17.3 Å². The maximum atomic E-state index is 12.8. The van der Waals surface area contributed by atoms with E-state index in [1.807, 2.05) is 42.6 Å². The fourth-order valence-electron chi connectivity index (χ4n) is 5.15. The lowest BCUT2D eigenvalue weighted by Crippen LogP contribution is -2.44. The number of carbonyl (C=O) groups excluding carboxylic acids is 1. The molecule has 1 aliphatic heterocycles. The van der Waals surface area contributed by atoms with Crippen molar-refractivity contribution >= 4 is 57.3 Å². The number of nitrogens with zero attached hydrogens (tertiary/aromatic N) is 5. The summed E-state index contributed by atoms with van der Waals surface area (Å²) in [5, 5.41) is 8.64. The molecule has 4 aromatic rings. The molecule has 2 atom stereocenters. The molecule has 0 radical (unpaired) electrons. The van der Waals surface area contributed by atoms with Crippen LogP contribution in [0.15, 0.2) is 61.1 Å². The van der Waals surface area contributed by atoms with Crippen LogP contribution in [0, 0.1) is 5.92 Å². The maximum absolute atomic E-state index is 12.8. The van der Waals surface area contributed by atoms with Crippen molar-refractivity contribution in [1.82, 2.24) is 19.9 Å². The largest absolute Gasteiger partial charge is 0.367 e. The number of fused-ring (bicyclic) bond motifs is 1. The van der Waals surface area contributed by atoms with Gasteiger partial charge < -0.3 is 20.4 Å². The number of halogens is 2. The van der Waals surface area contributed by atoms with E-state index in [-0.39, 0.29) is 17.7 Å². The zero-order valence-corrected chi connectivity index (χ0v) is 23.1. The molecular formula is C29H29Cl2N7O. The fraction of sp³-hybridized carbons (Fsp3) is 0.310. The summed E-state index contributed by atoms with van der Waals surface area (Å²) >= 11 is 12.6. The molecule has 2 aliphatic rings. The summed E-state index contributed by atoms with van der Waals surface area (Å²) in [4.78, 5) is 30.8. The molecule has 0 spiro atoms. The zero-order valence-electron chi connectivity index (χ0n) is 21.6. The van der Waals surface area contributed by atoms with Crippen molar-refractivity contribution in [2.75, 3.05) is 48.8 Å². The normalized spacial score (nSPS) is 19.2. The predicted octanol–water partition coefficient (Wildman–Crippen LogP) is 5.44. The van der Waals surface area contributed by atoms with Crippen molar-refractivity contribution in [2.45, 2.75) is 18.9 Å². The molecule has 6 rings (SSSR count). The summed E-state index contributed by atoms with van der Waals surface area (Å²) in [7, 11) is 2.14. The van der Waals surface area contributed by atoms with E-state index in [2.05, 4.69) is 43.5 Å². The Morgan fingerprint density at radius 2 is 1.79 bits per heavy atom. The van der Waals surface area contributed by atoms with Crippen LogP contribution in [0.2, 0.25) is 10.0 Å². The first-order chi connectivity index (χ1) is 18.9. The smallest absolute Gasteiger partial charge is 0.229 e. The Kier molecular flexibility index (Phi) is 7.25. The molecule has 1 aliphatic carbocycles. The minimum atomic E-state index is -0.0823. The summed E-state index contributed by atoms with van der Waals surface area (Å²) in [6, 6.07) is 15.5. The van der Waals surface area contributed by atoms with E-state index in [1.54, 1.807) is 6.07 Å². The molecular weight excluding hydrogens is 533 g/mol. The van der Waals surface area contributed by atoms with Gasteiger partial charge in [-0.15, -0.1) is 0 Å². The lowest BCUT2D eigenvalue weighted by atomic mass is 10.1. The van der Waals surface area contributed by atoms with Gasteiger partial charge in [0, 0.05) is 66.3 Å². The Balaban J connectivity index is 1.10. The number of benzene rings is 2. The monoisotopic (exact) mass is 561 g/mol. The second kappa shape index (κ2) is 11.0. The first-order valence-electron chi connectivity index (χ1n) is 13.1. The standard InChI is InChI=1S/C29H29Cl2N7O/c1-37-5-7-38(8-6-37)25-12-22(31)11-20-9-18(16-33-28(20)25)15-32-26-14-27(35-17-34-26)36-29(39)24-13-23(24)19-3-2-4-21(30)10-19/h2-4,9-12,14,16-17,23-24H,5-8,13,15H2,1H3,(H2,32,34,35,36,39). The van der Waals surface area contributed by atoms with E-state index in [0.717, 1.165) is 60.3 Å². The molecule has 2 unspecified atom stereocenters. The summed E-state index contributed by atoms with van der Waals surface area (Å²) in [5.41, 5.74) is 4.12. The van der Waals surface area contributed by atoms with Crippen LogP contribution in [0.1, 0.15) is 23.5 Å². The highest BCUT2D eigenvalue weighted by Crippen LogP contribution is 2.48. The SMILES string of the molecule is CN1CCN(c2cc(Cl)cc3cc(CNc4cc(NC(=O)C5CC5c5cccc(Cl)c5)ncn4)cnc23)CC1. The number of aromatic nitrogens is 3. The highest BCUT2D eigenvalue weighted by atomic mass is 35.5. The number of pyridine rings is 1. The molecule has 200 valence electrons. The number of piperazine rings is 1. The third kappa shape index (κ3) is 5.93. The van der Waals surface area contributed by atoms with Crippen LogP contribution in [-0.2, 0) is 11.3 Å². The van der Waals surface area contributed by atoms with E-state index in [1.165, 1.54) is 6.33 Å². The topological polar surface area (TPSA) is 86.3 Å². The summed E-state index contributed by atoms with van der Waals surface area (Å²) < 4.78 is 0. The van der Waals surface area contributed by atoms with Gasteiger partial charge in [0.15, 0.2) is 0 Å². The molecule has 39 heavy (non-hydrogen) atoms. The van der Waals surface area contributed by atoms with Crippen LogP contribution in [0.25, 0.3) is 10.9 Å². The third-order valence-corrected chi connectivity index (χ3v) is 7.88. The lowest BCUT2D eigenvalue weighted by molar-refractivity contribution is -0.117. The Labute approximate surface area is 237 Å². The molecule has 3 heterocycles. The van der Waals surface area contributed by atoms with Crippen molar-refractivity contribution in [3.63, 3.8) is 0 Å². The highest BCUT2D eigenvalue weighted by molar-refractivity contribution is 6.32. The highest BCUT2D eigenvalue weighted by Gasteiger charge is 2.44. The number of anilines is 3. The number of carbonyl (C=O) groups is 1. The molecule has 1 amide bonds. The summed E-state index contributed by atoms with van der Waals surface area (Å²) in [5.74, 6) is 1.15. The van der Waals surface area contributed by atoms with Gasteiger partial charge in [-0.2, -0.15) is 0 Å². The molecule has 2 aromatic carbocycles. The number of hydrogen-bond donors (Lipinski definition) is 2. The summed E-state index contributed by atoms with van der Waals surface area (Å²) in [6.45, 7) is 4.45. The van der Waals surface area contributed by atoms with Crippen molar-refractivity contribution in [2.24, 2.45) is 5.92 Å². The molecule has 10 heteroatoms. The van der Waals surface area contributed by atoms with Crippen molar-refractivity contribution < 1.29 is 4.79 Å². The second-order valence-corrected chi connectivity index (χ2v) is 11.1. The summed E-state index contributed by atoms with van der Waals surface area (Å²) in [6.07, 6.45) is 4.13. The third-order valence-electron chi connectivity index (χ3n) is 7.42. The van der Waals surface area contributed by atoms with Gasteiger partial charge in [0.1, 0.15) is 18.0 Å². The molecule has 2 N–H and O–H groups in total. The Morgan fingerprint density at radius 3 is 2.62 bits per heavy atom. The molecule has 2 fully saturated rings. The zero-order chi connectivity index (χ0) is 26.9. The molecule has 8 nitrogen and oxygen atoms in total. The van der Waals surface area contributed by atoms with Gasteiger partial charge in [0.2, 0.25) is 5.91 Å². The molecule has 1 saturated heterocycles. The first-order valence-corrected chi connectivity index (χ1v) is 13.8. The van der Waals surface area contributed by atoms with E-state index in [9.17, 15) is 4.79 Å². The molecule has 1 saturated carbocycles. The minimum absolute atomic E-state index is 0.0450. The van der Waals surface area contributed by atoms with E-state index >= 15 is 0 Å². The van der Waals surface area contributed by atoms with E-state index < -0.39 is 0 Å². The lowest BCUT2D eigenvalue weighted by Gasteiger charge is -2.34. The number of likely N-dealkylation sites (N-methyl/N-ethyl adjacent to an activating group) is 1. The van der Waals surface area contributed by atoms with Gasteiger partial charge in [-0.05, 0) is 60.8 Å².